The van der Waals surface area contributed by atoms with Crippen LogP contribution in [0.4, 0.5) is 5.69 Å². The number of methoxy groups -OCH3 is 1. The van der Waals surface area contributed by atoms with Crippen molar-refractivity contribution in [1.82, 2.24) is 5.32 Å². The molecule has 1 aromatic heterocycles. The number of carbonyl (C=O) groups is 2. The van der Waals surface area contributed by atoms with Crippen molar-refractivity contribution in [3.63, 3.8) is 0 Å². The van der Waals surface area contributed by atoms with Gasteiger partial charge in [-0.25, -0.2) is 0 Å². The molecule has 0 atom stereocenters. The van der Waals surface area contributed by atoms with Crippen LogP contribution in [-0.4, -0.2) is 38.7 Å². The van der Waals surface area contributed by atoms with Crippen molar-refractivity contribution < 1.29 is 19.1 Å². The molecule has 0 saturated carbocycles. The van der Waals surface area contributed by atoms with Crippen LogP contribution in [0.5, 0.6) is 5.75 Å². The lowest BCUT2D eigenvalue weighted by Crippen LogP contribution is -2.46. The standard InChI is InChI=1S/C19H22N2O4S/c1-24-15-6-3-2-5-14(15)21-18(23)17(22)20-13-19(8-10-25-11-9-19)16-7-4-12-26-16/h2-7,12H,8-11,13H2,1H3,(H,20,22)(H,21,23). The van der Waals surface area contributed by atoms with E-state index in [-0.39, 0.29) is 5.41 Å². The number of rotatable bonds is 5. The molecule has 0 bridgehead atoms. The van der Waals surface area contributed by atoms with Gasteiger partial charge < -0.3 is 20.1 Å². The van der Waals surface area contributed by atoms with Gasteiger partial charge in [0.25, 0.3) is 0 Å². The summed E-state index contributed by atoms with van der Waals surface area (Å²) in [5.41, 5.74) is 0.293. The molecule has 2 N–H and O–H groups in total. The fraction of sp³-hybridized carbons (Fsp3) is 0.368. The van der Waals surface area contributed by atoms with E-state index in [1.165, 1.54) is 12.0 Å². The number of hydrogen-bond donors (Lipinski definition) is 2. The maximum atomic E-state index is 12.3. The number of benzene rings is 1. The number of thiophene rings is 1. The summed E-state index contributed by atoms with van der Waals surface area (Å²) >= 11 is 1.67. The van der Waals surface area contributed by atoms with Crippen molar-refractivity contribution in [3.05, 3.63) is 46.7 Å². The van der Waals surface area contributed by atoms with E-state index in [0.717, 1.165) is 12.8 Å². The number of para-hydroxylation sites is 2. The number of carbonyl (C=O) groups excluding carboxylic acids is 2. The van der Waals surface area contributed by atoms with Gasteiger partial charge in [0.15, 0.2) is 0 Å². The van der Waals surface area contributed by atoms with E-state index in [9.17, 15) is 9.59 Å². The second kappa shape index (κ2) is 8.33. The van der Waals surface area contributed by atoms with Gasteiger partial charge in [-0.1, -0.05) is 18.2 Å². The van der Waals surface area contributed by atoms with Crippen LogP contribution in [0.25, 0.3) is 0 Å². The summed E-state index contributed by atoms with van der Waals surface area (Å²) in [7, 11) is 1.51. The third-order valence-electron chi connectivity index (χ3n) is 4.64. The highest BCUT2D eigenvalue weighted by Crippen LogP contribution is 2.37. The first kappa shape index (κ1) is 18.4. The fourth-order valence-corrected chi connectivity index (χ4v) is 4.10. The van der Waals surface area contributed by atoms with Gasteiger partial charge >= 0.3 is 11.8 Å². The van der Waals surface area contributed by atoms with Crippen molar-refractivity contribution in [2.24, 2.45) is 0 Å². The number of nitrogens with one attached hydrogen (secondary N) is 2. The average molecular weight is 374 g/mol. The third-order valence-corrected chi connectivity index (χ3v) is 5.76. The second-order valence-electron chi connectivity index (χ2n) is 6.21. The molecule has 0 radical (unpaired) electrons. The maximum Gasteiger partial charge on any atom is 0.313 e. The monoisotopic (exact) mass is 374 g/mol. The molecular formula is C19H22N2O4S. The Morgan fingerprint density at radius 3 is 2.62 bits per heavy atom. The Morgan fingerprint density at radius 2 is 1.92 bits per heavy atom. The molecular weight excluding hydrogens is 352 g/mol. The van der Waals surface area contributed by atoms with Gasteiger partial charge in [-0.2, -0.15) is 0 Å². The van der Waals surface area contributed by atoms with Crippen LogP contribution in [0.15, 0.2) is 41.8 Å². The highest BCUT2D eigenvalue weighted by molar-refractivity contribution is 7.10. The van der Waals surface area contributed by atoms with E-state index in [1.54, 1.807) is 35.6 Å². The van der Waals surface area contributed by atoms with Gasteiger partial charge in [0.05, 0.1) is 12.8 Å². The lowest BCUT2D eigenvalue weighted by atomic mass is 9.78. The number of anilines is 1. The minimum Gasteiger partial charge on any atom is -0.495 e. The molecule has 2 amide bonds. The topological polar surface area (TPSA) is 76.7 Å². The normalized spacial score (nSPS) is 15.9. The SMILES string of the molecule is COc1ccccc1NC(=O)C(=O)NCC1(c2cccs2)CCOCC1. The number of amides is 2. The van der Waals surface area contributed by atoms with Gasteiger partial charge in [0.2, 0.25) is 0 Å². The van der Waals surface area contributed by atoms with Gasteiger partial charge in [-0.05, 0) is 36.4 Å². The molecule has 138 valence electrons. The summed E-state index contributed by atoms with van der Waals surface area (Å²) in [5, 5.41) is 7.43. The Bertz CT molecular complexity index is 755. The lowest BCUT2D eigenvalue weighted by Gasteiger charge is -2.36. The van der Waals surface area contributed by atoms with Crippen molar-refractivity contribution in [3.8, 4) is 5.75 Å². The zero-order valence-electron chi connectivity index (χ0n) is 14.6. The van der Waals surface area contributed by atoms with Crippen molar-refractivity contribution in [2.45, 2.75) is 18.3 Å². The smallest absolute Gasteiger partial charge is 0.313 e. The first-order chi connectivity index (χ1) is 12.6. The molecule has 26 heavy (non-hydrogen) atoms. The second-order valence-corrected chi connectivity index (χ2v) is 7.15. The van der Waals surface area contributed by atoms with Crippen LogP contribution in [0, 0.1) is 0 Å². The predicted octanol–water partition coefficient (Wildman–Crippen LogP) is 2.56. The van der Waals surface area contributed by atoms with Crippen molar-refractivity contribution in [2.75, 3.05) is 32.2 Å². The van der Waals surface area contributed by atoms with Crippen LogP contribution in [0.1, 0.15) is 17.7 Å². The van der Waals surface area contributed by atoms with Gasteiger partial charge in [0, 0.05) is 30.1 Å². The fourth-order valence-electron chi connectivity index (χ4n) is 3.11. The van der Waals surface area contributed by atoms with E-state index in [2.05, 4.69) is 16.7 Å². The molecule has 3 rings (SSSR count). The first-order valence-electron chi connectivity index (χ1n) is 8.48. The quantitative estimate of drug-likeness (QED) is 0.789. The highest BCUT2D eigenvalue weighted by Gasteiger charge is 2.36. The Labute approximate surface area is 156 Å². The molecule has 2 aromatic rings. The molecule has 1 saturated heterocycles. The van der Waals surface area contributed by atoms with Crippen molar-refractivity contribution >= 4 is 28.8 Å². The van der Waals surface area contributed by atoms with Gasteiger partial charge in [0.1, 0.15) is 5.75 Å². The summed E-state index contributed by atoms with van der Waals surface area (Å²) in [5.74, 6) is -0.852. The van der Waals surface area contributed by atoms with Gasteiger partial charge in [-0.3, -0.25) is 9.59 Å². The van der Waals surface area contributed by atoms with Crippen LogP contribution in [0.3, 0.4) is 0 Å². The zero-order valence-corrected chi connectivity index (χ0v) is 15.4. The Hall–Kier alpha value is -2.38. The third kappa shape index (κ3) is 4.05. The zero-order chi connectivity index (χ0) is 18.4. The van der Waals surface area contributed by atoms with E-state index in [1.807, 2.05) is 11.4 Å². The maximum absolute atomic E-state index is 12.3. The average Bonchev–Trinajstić information content (AvgIpc) is 3.23. The molecule has 1 aliphatic heterocycles. The summed E-state index contributed by atoms with van der Waals surface area (Å²) in [6.07, 6.45) is 1.64. The molecule has 6 nitrogen and oxygen atoms in total. The molecule has 1 aromatic carbocycles. The van der Waals surface area contributed by atoms with Crippen LogP contribution >= 0.6 is 11.3 Å². The molecule has 0 unspecified atom stereocenters. The summed E-state index contributed by atoms with van der Waals surface area (Å²) in [6.45, 7) is 1.72. The van der Waals surface area contributed by atoms with Crippen LogP contribution in [-0.2, 0) is 19.7 Å². The predicted molar refractivity (Wildman–Crippen MR) is 101 cm³/mol. The largest absolute Gasteiger partial charge is 0.495 e. The Balaban J connectivity index is 1.64. The summed E-state index contributed by atoms with van der Waals surface area (Å²) < 4.78 is 10.7. The van der Waals surface area contributed by atoms with Crippen LogP contribution in [0.2, 0.25) is 0 Å². The summed E-state index contributed by atoms with van der Waals surface area (Å²) in [4.78, 5) is 25.8. The molecule has 2 heterocycles. The van der Waals surface area contributed by atoms with Crippen molar-refractivity contribution in [1.29, 1.82) is 0 Å². The number of ether oxygens (including phenoxy) is 2. The molecule has 1 aliphatic rings. The van der Waals surface area contributed by atoms with Gasteiger partial charge in [-0.15, -0.1) is 11.3 Å². The Morgan fingerprint density at radius 1 is 1.15 bits per heavy atom. The first-order valence-corrected chi connectivity index (χ1v) is 9.36. The van der Waals surface area contributed by atoms with E-state index < -0.39 is 11.8 Å². The molecule has 7 heteroatoms. The number of hydrogen-bond acceptors (Lipinski definition) is 5. The summed E-state index contributed by atoms with van der Waals surface area (Å²) in [6, 6.07) is 11.1. The highest BCUT2D eigenvalue weighted by atomic mass is 32.1. The minimum absolute atomic E-state index is 0.174. The lowest BCUT2D eigenvalue weighted by molar-refractivity contribution is -0.136. The minimum atomic E-state index is -0.706. The van der Waals surface area contributed by atoms with E-state index >= 15 is 0 Å². The van der Waals surface area contributed by atoms with E-state index in [4.69, 9.17) is 9.47 Å². The Kier molecular flexibility index (Phi) is 5.90. The molecule has 0 aliphatic carbocycles. The van der Waals surface area contributed by atoms with E-state index in [0.29, 0.717) is 31.2 Å². The molecule has 1 fully saturated rings. The molecule has 0 spiro atoms. The van der Waals surface area contributed by atoms with Crippen LogP contribution < -0.4 is 15.4 Å².